The van der Waals surface area contributed by atoms with Gasteiger partial charge in [-0.1, -0.05) is 23.7 Å². The van der Waals surface area contributed by atoms with Crippen LogP contribution in [0.4, 0.5) is 5.69 Å². The van der Waals surface area contributed by atoms with E-state index in [-0.39, 0.29) is 16.8 Å². The highest BCUT2D eigenvalue weighted by Gasteiger charge is 2.08. The summed E-state index contributed by atoms with van der Waals surface area (Å²) in [6, 6.07) is 7.94. The lowest BCUT2D eigenvalue weighted by atomic mass is 10.2. The number of nitrogens with one attached hydrogen (secondary N) is 1. The second-order valence-corrected chi connectivity index (χ2v) is 4.86. The zero-order valence-electron chi connectivity index (χ0n) is 11.3. The molecule has 0 atom stereocenters. The van der Waals surface area contributed by atoms with Crippen molar-refractivity contribution >= 4 is 23.2 Å². The van der Waals surface area contributed by atoms with Crippen LogP contribution in [0.5, 0.6) is 0 Å². The number of aromatic nitrogens is 2. The molecule has 2 rings (SSSR count). The van der Waals surface area contributed by atoms with Gasteiger partial charge in [-0.05, 0) is 17.7 Å². The number of halogens is 1. The zero-order chi connectivity index (χ0) is 14.5. The fourth-order valence-electron chi connectivity index (χ4n) is 1.64. The first-order valence-electron chi connectivity index (χ1n) is 6.08. The number of nitrogens with zero attached hydrogens (tertiary/aromatic N) is 3. The molecule has 0 spiro atoms. The van der Waals surface area contributed by atoms with Gasteiger partial charge in [0.05, 0.1) is 12.4 Å². The fraction of sp³-hybridized carbons (Fsp3) is 0.214. The molecule has 104 valence electrons. The Morgan fingerprint density at radius 3 is 2.55 bits per heavy atom. The Labute approximate surface area is 122 Å². The lowest BCUT2D eigenvalue weighted by molar-refractivity contribution is 0.0945. The topological polar surface area (TPSA) is 58.1 Å². The number of hydrogen-bond donors (Lipinski definition) is 1. The molecule has 0 unspecified atom stereocenters. The monoisotopic (exact) mass is 290 g/mol. The van der Waals surface area contributed by atoms with Crippen LogP contribution in [0, 0.1) is 0 Å². The van der Waals surface area contributed by atoms with E-state index in [0.717, 1.165) is 11.3 Å². The highest BCUT2D eigenvalue weighted by atomic mass is 35.5. The minimum atomic E-state index is -0.295. The van der Waals surface area contributed by atoms with Crippen LogP contribution in [0.3, 0.4) is 0 Å². The van der Waals surface area contributed by atoms with E-state index in [1.165, 1.54) is 12.4 Å². The summed E-state index contributed by atoms with van der Waals surface area (Å²) >= 11 is 5.69. The lowest BCUT2D eigenvalue weighted by Crippen LogP contribution is -2.24. The van der Waals surface area contributed by atoms with Crippen LogP contribution >= 0.6 is 11.6 Å². The van der Waals surface area contributed by atoms with Crippen molar-refractivity contribution in [2.24, 2.45) is 0 Å². The number of rotatable bonds is 4. The molecule has 1 amide bonds. The summed E-state index contributed by atoms with van der Waals surface area (Å²) < 4.78 is 0. The number of hydrogen-bond acceptors (Lipinski definition) is 4. The van der Waals surface area contributed by atoms with Crippen molar-refractivity contribution in [1.29, 1.82) is 0 Å². The van der Waals surface area contributed by atoms with Crippen LogP contribution in [0.2, 0.25) is 5.15 Å². The normalized spacial score (nSPS) is 10.2. The van der Waals surface area contributed by atoms with Crippen molar-refractivity contribution in [3.8, 4) is 0 Å². The molecule has 6 heteroatoms. The number of amides is 1. The average molecular weight is 291 g/mol. The molecule has 1 aromatic heterocycles. The second-order valence-electron chi connectivity index (χ2n) is 4.47. The molecular weight excluding hydrogens is 276 g/mol. The van der Waals surface area contributed by atoms with E-state index in [0.29, 0.717) is 6.54 Å². The van der Waals surface area contributed by atoms with Crippen molar-refractivity contribution in [3.63, 3.8) is 0 Å². The third-order valence-electron chi connectivity index (χ3n) is 2.74. The van der Waals surface area contributed by atoms with Gasteiger partial charge in [0.1, 0.15) is 10.8 Å². The summed E-state index contributed by atoms with van der Waals surface area (Å²) in [4.78, 5) is 21.6. The molecule has 1 aromatic carbocycles. The Balaban J connectivity index is 1.96. The zero-order valence-corrected chi connectivity index (χ0v) is 12.1. The average Bonchev–Trinajstić information content (AvgIpc) is 2.45. The SMILES string of the molecule is CN(C)c1ccc(CNC(=O)c2cncc(Cl)n2)cc1. The largest absolute Gasteiger partial charge is 0.378 e. The molecule has 0 aliphatic rings. The van der Waals surface area contributed by atoms with E-state index in [1.807, 2.05) is 43.3 Å². The molecule has 0 saturated carbocycles. The van der Waals surface area contributed by atoms with E-state index < -0.39 is 0 Å². The van der Waals surface area contributed by atoms with Gasteiger partial charge in [-0.2, -0.15) is 0 Å². The highest BCUT2D eigenvalue weighted by molar-refractivity contribution is 6.29. The molecule has 1 heterocycles. The Morgan fingerprint density at radius 2 is 1.95 bits per heavy atom. The van der Waals surface area contributed by atoms with Crippen LogP contribution < -0.4 is 10.2 Å². The van der Waals surface area contributed by atoms with E-state index in [4.69, 9.17) is 11.6 Å². The summed E-state index contributed by atoms with van der Waals surface area (Å²) in [5.74, 6) is -0.295. The summed E-state index contributed by atoms with van der Waals surface area (Å²) in [7, 11) is 3.96. The van der Waals surface area contributed by atoms with E-state index in [1.54, 1.807) is 0 Å². The van der Waals surface area contributed by atoms with Crippen molar-refractivity contribution in [2.45, 2.75) is 6.54 Å². The standard InChI is InChI=1S/C14H15ClN4O/c1-19(2)11-5-3-10(4-6-11)7-17-14(20)12-8-16-9-13(15)18-12/h3-6,8-9H,7H2,1-2H3,(H,17,20). The third kappa shape index (κ3) is 3.68. The Hall–Kier alpha value is -2.14. The smallest absolute Gasteiger partial charge is 0.271 e. The molecule has 0 bridgehead atoms. The summed E-state index contributed by atoms with van der Waals surface area (Å²) in [6.07, 6.45) is 2.77. The van der Waals surface area contributed by atoms with Crippen LogP contribution in [0.25, 0.3) is 0 Å². The minimum absolute atomic E-state index is 0.202. The predicted octanol–water partition coefficient (Wildman–Crippen LogP) is 2.13. The van der Waals surface area contributed by atoms with Gasteiger partial charge in [0.15, 0.2) is 0 Å². The van der Waals surface area contributed by atoms with Crippen molar-refractivity contribution < 1.29 is 4.79 Å². The van der Waals surface area contributed by atoms with Crippen molar-refractivity contribution in [2.75, 3.05) is 19.0 Å². The summed E-state index contributed by atoms with van der Waals surface area (Å²) in [5, 5.41) is 2.98. The van der Waals surface area contributed by atoms with Gasteiger partial charge in [0.2, 0.25) is 0 Å². The maximum Gasteiger partial charge on any atom is 0.271 e. The highest BCUT2D eigenvalue weighted by Crippen LogP contribution is 2.12. The van der Waals surface area contributed by atoms with E-state index in [2.05, 4.69) is 15.3 Å². The van der Waals surface area contributed by atoms with Gasteiger partial charge in [0.25, 0.3) is 5.91 Å². The summed E-state index contributed by atoms with van der Waals surface area (Å²) in [5.41, 5.74) is 2.34. The summed E-state index contributed by atoms with van der Waals surface area (Å²) in [6.45, 7) is 0.431. The molecule has 0 radical (unpaired) electrons. The van der Waals surface area contributed by atoms with Crippen LogP contribution in [-0.4, -0.2) is 30.0 Å². The van der Waals surface area contributed by atoms with E-state index in [9.17, 15) is 4.79 Å². The Morgan fingerprint density at radius 1 is 1.25 bits per heavy atom. The van der Waals surface area contributed by atoms with Gasteiger partial charge in [-0.25, -0.2) is 4.98 Å². The van der Waals surface area contributed by atoms with Gasteiger partial charge in [-0.15, -0.1) is 0 Å². The Bertz CT molecular complexity index is 598. The van der Waals surface area contributed by atoms with E-state index >= 15 is 0 Å². The molecule has 20 heavy (non-hydrogen) atoms. The molecule has 1 N–H and O–H groups in total. The van der Waals surface area contributed by atoms with Crippen molar-refractivity contribution in [1.82, 2.24) is 15.3 Å². The molecular formula is C14H15ClN4O. The van der Waals surface area contributed by atoms with Crippen LogP contribution in [0.15, 0.2) is 36.7 Å². The number of carbonyl (C=O) groups excluding carboxylic acids is 1. The van der Waals surface area contributed by atoms with Gasteiger partial charge in [0, 0.05) is 26.3 Å². The number of anilines is 1. The quantitative estimate of drug-likeness (QED) is 0.937. The maximum atomic E-state index is 11.9. The second kappa shape index (κ2) is 6.34. The molecule has 0 aliphatic carbocycles. The predicted molar refractivity (Wildman–Crippen MR) is 79.0 cm³/mol. The van der Waals surface area contributed by atoms with Crippen molar-refractivity contribution in [3.05, 3.63) is 53.1 Å². The molecule has 2 aromatic rings. The third-order valence-corrected chi connectivity index (χ3v) is 2.93. The number of benzene rings is 1. The number of carbonyl (C=O) groups is 1. The first kappa shape index (κ1) is 14.3. The first-order chi connectivity index (χ1) is 9.56. The van der Waals surface area contributed by atoms with Gasteiger partial charge < -0.3 is 10.2 Å². The maximum absolute atomic E-state index is 11.9. The Kier molecular flexibility index (Phi) is 4.53. The van der Waals surface area contributed by atoms with Gasteiger partial charge >= 0.3 is 0 Å². The van der Waals surface area contributed by atoms with Crippen LogP contribution in [0.1, 0.15) is 16.1 Å². The minimum Gasteiger partial charge on any atom is -0.378 e. The molecule has 5 nitrogen and oxygen atoms in total. The molecule has 0 saturated heterocycles. The fourth-order valence-corrected chi connectivity index (χ4v) is 1.78. The van der Waals surface area contributed by atoms with Crippen LogP contribution in [-0.2, 0) is 6.54 Å². The lowest BCUT2D eigenvalue weighted by Gasteiger charge is -2.12. The first-order valence-corrected chi connectivity index (χ1v) is 6.46. The molecule has 0 aliphatic heterocycles. The van der Waals surface area contributed by atoms with Gasteiger partial charge in [-0.3, -0.25) is 9.78 Å². The molecule has 0 fully saturated rings.